The number of rotatable bonds is 4. The summed E-state index contributed by atoms with van der Waals surface area (Å²) >= 11 is 0. The highest BCUT2D eigenvalue weighted by atomic mass is 35.5. The van der Waals surface area contributed by atoms with E-state index >= 15 is 0 Å². The van der Waals surface area contributed by atoms with Crippen LogP contribution in [0, 0.1) is 0 Å². The molecule has 1 aromatic rings. The fraction of sp³-hybridized carbons (Fsp3) is 0.500. The number of hydrogen-bond acceptors (Lipinski definition) is 4. The molecule has 1 aromatic carbocycles. The summed E-state index contributed by atoms with van der Waals surface area (Å²) in [4.78, 5) is 14.1. The van der Waals surface area contributed by atoms with Crippen molar-refractivity contribution >= 4 is 18.4 Å². The van der Waals surface area contributed by atoms with Crippen LogP contribution in [0.5, 0.6) is 5.75 Å². The summed E-state index contributed by atoms with van der Waals surface area (Å²) in [7, 11) is 3.67. The van der Waals surface area contributed by atoms with Gasteiger partial charge in [-0.1, -0.05) is 0 Å². The molecule has 0 aromatic heterocycles. The van der Waals surface area contributed by atoms with E-state index in [4.69, 9.17) is 9.47 Å². The third-order valence-corrected chi connectivity index (χ3v) is 3.40. The fourth-order valence-corrected chi connectivity index (χ4v) is 2.17. The Kier molecular flexibility index (Phi) is 6.12. The summed E-state index contributed by atoms with van der Waals surface area (Å²) in [5.74, 6) is 0.472. The van der Waals surface area contributed by atoms with Crippen LogP contribution in [0.2, 0.25) is 0 Å². The first-order valence-corrected chi connectivity index (χ1v) is 6.22. The van der Waals surface area contributed by atoms with Crippen molar-refractivity contribution in [3.63, 3.8) is 0 Å². The molecule has 106 valence electrons. The van der Waals surface area contributed by atoms with Crippen LogP contribution >= 0.6 is 12.4 Å². The number of hydrogen-bond donors (Lipinski definition) is 0. The molecule has 4 nitrogen and oxygen atoms in total. The number of likely N-dealkylation sites (tertiary alicyclic amines) is 1. The second-order valence-electron chi connectivity index (χ2n) is 4.60. The molecule has 0 bridgehead atoms. The molecule has 0 N–H and O–H groups in total. The monoisotopic (exact) mass is 285 g/mol. The molecule has 0 amide bonds. The number of benzene rings is 1. The third-order valence-electron chi connectivity index (χ3n) is 3.40. The predicted octanol–water partition coefficient (Wildman–Crippen LogP) is 2.37. The second kappa shape index (κ2) is 7.36. The van der Waals surface area contributed by atoms with E-state index in [1.807, 2.05) is 0 Å². The highest BCUT2D eigenvalue weighted by Crippen LogP contribution is 2.16. The van der Waals surface area contributed by atoms with Gasteiger partial charge >= 0.3 is 5.97 Å². The van der Waals surface area contributed by atoms with Crippen molar-refractivity contribution in [2.45, 2.75) is 18.9 Å². The van der Waals surface area contributed by atoms with Gasteiger partial charge in [0.1, 0.15) is 12.4 Å². The lowest BCUT2D eigenvalue weighted by Crippen LogP contribution is -2.30. The van der Waals surface area contributed by atoms with Crippen LogP contribution in [0.15, 0.2) is 24.3 Å². The van der Waals surface area contributed by atoms with Gasteiger partial charge in [-0.25, -0.2) is 4.79 Å². The maximum absolute atomic E-state index is 11.8. The molecule has 5 heteroatoms. The van der Waals surface area contributed by atoms with E-state index in [-0.39, 0.29) is 18.4 Å². The van der Waals surface area contributed by atoms with E-state index in [1.54, 1.807) is 31.4 Å². The molecule has 0 aliphatic carbocycles. The molecule has 0 saturated carbocycles. The lowest BCUT2D eigenvalue weighted by molar-refractivity contribution is 0.0416. The number of likely N-dealkylation sites (N-methyl/N-ethyl adjacent to an activating group) is 1. The fourth-order valence-electron chi connectivity index (χ4n) is 2.17. The number of halogens is 1. The Labute approximate surface area is 120 Å². The molecular formula is C14H20ClNO3. The minimum atomic E-state index is -0.266. The molecule has 0 spiro atoms. The number of methoxy groups -OCH3 is 1. The largest absolute Gasteiger partial charge is 0.497 e. The molecule has 1 aliphatic heterocycles. The van der Waals surface area contributed by atoms with Gasteiger partial charge in [0.25, 0.3) is 0 Å². The number of ether oxygens (including phenoxy) is 2. The Morgan fingerprint density at radius 1 is 1.37 bits per heavy atom. The molecule has 1 saturated heterocycles. The minimum Gasteiger partial charge on any atom is -0.497 e. The number of nitrogens with zero attached hydrogens (tertiary/aromatic N) is 1. The van der Waals surface area contributed by atoms with E-state index < -0.39 is 0 Å². The van der Waals surface area contributed by atoms with Crippen LogP contribution in [0.25, 0.3) is 0 Å². The summed E-state index contributed by atoms with van der Waals surface area (Å²) in [6.07, 6.45) is 2.29. The molecule has 1 unspecified atom stereocenters. The number of esters is 1. The van der Waals surface area contributed by atoms with Crippen LogP contribution in [0.3, 0.4) is 0 Å². The summed E-state index contributed by atoms with van der Waals surface area (Å²) in [6, 6.07) is 7.34. The molecule has 19 heavy (non-hydrogen) atoms. The first kappa shape index (κ1) is 15.8. The zero-order valence-electron chi connectivity index (χ0n) is 11.3. The predicted molar refractivity (Wildman–Crippen MR) is 76.2 cm³/mol. The van der Waals surface area contributed by atoms with Crippen molar-refractivity contribution in [1.82, 2.24) is 4.90 Å². The molecule has 1 aliphatic rings. The molecule has 1 heterocycles. The van der Waals surface area contributed by atoms with Crippen molar-refractivity contribution in [3.05, 3.63) is 29.8 Å². The summed E-state index contributed by atoms with van der Waals surface area (Å²) in [6.45, 7) is 1.56. The first-order valence-electron chi connectivity index (χ1n) is 6.22. The lowest BCUT2D eigenvalue weighted by Gasteiger charge is -2.18. The Balaban J connectivity index is 0.00000180. The van der Waals surface area contributed by atoms with E-state index in [0.29, 0.717) is 18.2 Å². The number of carbonyl (C=O) groups is 1. The van der Waals surface area contributed by atoms with Crippen molar-refractivity contribution < 1.29 is 14.3 Å². The standard InChI is InChI=1S/C14H19NO3.ClH/c1-15-9-3-4-12(15)10-18-14(16)11-5-7-13(17-2)8-6-11;/h5-8,12H,3-4,9-10H2,1-2H3;1H. The average Bonchev–Trinajstić information content (AvgIpc) is 2.81. The van der Waals surface area contributed by atoms with Gasteiger partial charge in [-0.3, -0.25) is 0 Å². The maximum Gasteiger partial charge on any atom is 0.338 e. The van der Waals surface area contributed by atoms with Crippen molar-refractivity contribution in [1.29, 1.82) is 0 Å². The zero-order valence-corrected chi connectivity index (χ0v) is 12.1. The molecular weight excluding hydrogens is 266 g/mol. The van der Waals surface area contributed by atoms with Crippen LogP contribution < -0.4 is 4.74 Å². The summed E-state index contributed by atoms with van der Waals surface area (Å²) < 4.78 is 10.4. The van der Waals surface area contributed by atoms with Crippen LogP contribution in [-0.2, 0) is 4.74 Å². The van der Waals surface area contributed by atoms with Gasteiger partial charge in [-0.2, -0.15) is 0 Å². The Bertz CT molecular complexity index is 408. The van der Waals surface area contributed by atoms with E-state index in [9.17, 15) is 4.79 Å². The van der Waals surface area contributed by atoms with Gasteiger partial charge in [0.2, 0.25) is 0 Å². The maximum atomic E-state index is 11.8. The first-order chi connectivity index (χ1) is 8.70. The topological polar surface area (TPSA) is 38.8 Å². The van der Waals surface area contributed by atoms with Gasteiger partial charge < -0.3 is 14.4 Å². The third kappa shape index (κ3) is 4.11. The second-order valence-corrected chi connectivity index (χ2v) is 4.60. The molecule has 2 rings (SSSR count). The van der Waals surface area contributed by atoms with Crippen LogP contribution in [-0.4, -0.2) is 44.2 Å². The van der Waals surface area contributed by atoms with Gasteiger partial charge in [-0.15, -0.1) is 12.4 Å². The van der Waals surface area contributed by atoms with Crippen LogP contribution in [0.4, 0.5) is 0 Å². The van der Waals surface area contributed by atoms with Crippen molar-refractivity contribution in [2.75, 3.05) is 27.3 Å². The Hall–Kier alpha value is -1.26. The highest BCUT2D eigenvalue weighted by molar-refractivity contribution is 5.89. The minimum absolute atomic E-state index is 0. The van der Waals surface area contributed by atoms with Gasteiger partial charge in [0.05, 0.1) is 12.7 Å². The van der Waals surface area contributed by atoms with Crippen LogP contribution in [0.1, 0.15) is 23.2 Å². The van der Waals surface area contributed by atoms with E-state index in [1.165, 1.54) is 6.42 Å². The van der Waals surface area contributed by atoms with Gasteiger partial charge in [0, 0.05) is 6.04 Å². The number of carbonyl (C=O) groups excluding carboxylic acids is 1. The van der Waals surface area contributed by atoms with Gasteiger partial charge in [-0.05, 0) is 50.7 Å². The summed E-state index contributed by atoms with van der Waals surface area (Å²) in [5.41, 5.74) is 0.566. The highest BCUT2D eigenvalue weighted by Gasteiger charge is 2.22. The smallest absolute Gasteiger partial charge is 0.338 e. The zero-order chi connectivity index (χ0) is 13.0. The van der Waals surface area contributed by atoms with Crippen molar-refractivity contribution in [3.8, 4) is 5.75 Å². The molecule has 1 atom stereocenters. The van der Waals surface area contributed by atoms with E-state index in [0.717, 1.165) is 18.7 Å². The average molecular weight is 286 g/mol. The van der Waals surface area contributed by atoms with E-state index in [2.05, 4.69) is 11.9 Å². The summed E-state index contributed by atoms with van der Waals surface area (Å²) in [5, 5.41) is 0. The Morgan fingerprint density at radius 3 is 2.58 bits per heavy atom. The SMILES string of the molecule is COc1ccc(C(=O)OCC2CCCN2C)cc1.Cl. The molecule has 1 fully saturated rings. The lowest BCUT2D eigenvalue weighted by atomic mass is 10.2. The van der Waals surface area contributed by atoms with Crippen molar-refractivity contribution in [2.24, 2.45) is 0 Å². The Morgan fingerprint density at radius 2 is 2.05 bits per heavy atom. The normalized spacial score (nSPS) is 18.7. The molecule has 0 radical (unpaired) electrons. The van der Waals surface area contributed by atoms with Gasteiger partial charge in [0.15, 0.2) is 0 Å². The quantitative estimate of drug-likeness (QED) is 0.796.